The Bertz CT molecular complexity index is 791. The second kappa shape index (κ2) is 9.98. The van der Waals surface area contributed by atoms with Crippen molar-refractivity contribution in [3.63, 3.8) is 0 Å². The maximum Gasteiger partial charge on any atom is 0.315 e. The van der Waals surface area contributed by atoms with Crippen LogP contribution in [0.15, 0.2) is 35.7 Å². The fourth-order valence-corrected chi connectivity index (χ4v) is 4.64. The first kappa shape index (κ1) is 20.0. The zero-order valence-corrected chi connectivity index (χ0v) is 17.5. The van der Waals surface area contributed by atoms with Crippen molar-refractivity contribution in [1.82, 2.24) is 15.5 Å². The van der Waals surface area contributed by atoms with Crippen molar-refractivity contribution in [1.29, 1.82) is 0 Å². The minimum absolute atomic E-state index is 0.0531. The number of carbonyl (C=O) groups is 1. The first-order chi connectivity index (χ1) is 14.3. The molecule has 1 unspecified atom stereocenters. The third kappa shape index (κ3) is 5.87. The number of urea groups is 1. The summed E-state index contributed by atoms with van der Waals surface area (Å²) in [4.78, 5) is 16.2. The number of rotatable bonds is 8. The van der Waals surface area contributed by atoms with Gasteiger partial charge in [-0.05, 0) is 67.9 Å². The van der Waals surface area contributed by atoms with Crippen LogP contribution < -0.4 is 20.1 Å². The molecular formula is C22H29N3O3S. The van der Waals surface area contributed by atoms with Gasteiger partial charge in [0.25, 0.3) is 0 Å². The smallest absolute Gasteiger partial charge is 0.315 e. The van der Waals surface area contributed by atoms with Crippen molar-refractivity contribution in [2.45, 2.75) is 31.7 Å². The predicted octanol–water partition coefficient (Wildman–Crippen LogP) is 3.07. The minimum Gasteiger partial charge on any atom is -0.486 e. The van der Waals surface area contributed by atoms with Crippen LogP contribution in [0.25, 0.3) is 0 Å². The lowest BCUT2D eigenvalue weighted by Crippen LogP contribution is -2.48. The van der Waals surface area contributed by atoms with Crippen LogP contribution >= 0.6 is 11.3 Å². The molecule has 0 saturated carbocycles. The molecule has 0 spiro atoms. The van der Waals surface area contributed by atoms with E-state index in [0.29, 0.717) is 19.8 Å². The number of thiophene rings is 1. The Balaban J connectivity index is 1.34. The lowest BCUT2D eigenvalue weighted by molar-refractivity contribution is 0.171. The number of ether oxygens (including phenoxy) is 2. The maximum absolute atomic E-state index is 12.5. The Morgan fingerprint density at radius 3 is 2.76 bits per heavy atom. The van der Waals surface area contributed by atoms with Crippen LogP contribution in [0.3, 0.4) is 0 Å². The van der Waals surface area contributed by atoms with Crippen LogP contribution in [0.2, 0.25) is 0 Å². The van der Waals surface area contributed by atoms with Gasteiger partial charge in [-0.25, -0.2) is 4.79 Å². The van der Waals surface area contributed by atoms with Crippen molar-refractivity contribution in [2.24, 2.45) is 0 Å². The van der Waals surface area contributed by atoms with Gasteiger partial charge in [0.15, 0.2) is 11.5 Å². The second-order valence-corrected chi connectivity index (χ2v) is 8.65. The Labute approximate surface area is 176 Å². The van der Waals surface area contributed by atoms with Gasteiger partial charge in [-0.15, -0.1) is 11.3 Å². The molecule has 1 atom stereocenters. The fraction of sp³-hybridized carbons (Fsp3) is 0.500. The molecule has 156 valence electrons. The number of carbonyl (C=O) groups excluding carboxylic acids is 1. The van der Waals surface area contributed by atoms with Gasteiger partial charge in [-0.2, -0.15) is 0 Å². The molecule has 1 aromatic carbocycles. The minimum atomic E-state index is -0.0942. The summed E-state index contributed by atoms with van der Waals surface area (Å²) in [5.41, 5.74) is 1.15. The largest absolute Gasteiger partial charge is 0.486 e. The zero-order valence-electron chi connectivity index (χ0n) is 16.7. The van der Waals surface area contributed by atoms with Crippen molar-refractivity contribution in [3.05, 3.63) is 46.2 Å². The summed E-state index contributed by atoms with van der Waals surface area (Å²) in [5, 5.41) is 8.26. The Morgan fingerprint density at radius 1 is 1.14 bits per heavy atom. The van der Waals surface area contributed by atoms with E-state index in [-0.39, 0.29) is 12.1 Å². The molecule has 2 N–H and O–H groups in total. The first-order valence-electron chi connectivity index (χ1n) is 10.4. The van der Waals surface area contributed by atoms with Gasteiger partial charge in [0.05, 0.1) is 0 Å². The first-order valence-corrected chi connectivity index (χ1v) is 11.3. The van der Waals surface area contributed by atoms with Crippen LogP contribution in [-0.4, -0.2) is 56.4 Å². The van der Waals surface area contributed by atoms with Crippen LogP contribution in [0.1, 0.15) is 23.3 Å². The van der Waals surface area contributed by atoms with E-state index >= 15 is 0 Å². The van der Waals surface area contributed by atoms with Crippen LogP contribution in [0.5, 0.6) is 11.5 Å². The highest BCUT2D eigenvalue weighted by atomic mass is 32.1. The van der Waals surface area contributed by atoms with Gasteiger partial charge in [0.2, 0.25) is 0 Å². The third-order valence-corrected chi connectivity index (χ3v) is 6.27. The molecule has 2 aromatic rings. The fourth-order valence-electron chi connectivity index (χ4n) is 3.93. The summed E-state index contributed by atoms with van der Waals surface area (Å²) < 4.78 is 11.3. The highest BCUT2D eigenvalue weighted by Gasteiger charge is 2.21. The summed E-state index contributed by atoms with van der Waals surface area (Å²) in [6.45, 7) is 4.91. The Hall–Kier alpha value is -2.25. The van der Waals surface area contributed by atoms with E-state index < -0.39 is 0 Å². The molecule has 6 nitrogen and oxygen atoms in total. The lowest BCUT2D eigenvalue weighted by Gasteiger charge is -2.25. The third-order valence-electron chi connectivity index (χ3n) is 5.34. The summed E-state index contributed by atoms with van der Waals surface area (Å²) in [6.07, 6.45) is 4.11. The molecule has 2 amide bonds. The van der Waals surface area contributed by atoms with E-state index in [4.69, 9.17) is 9.47 Å². The molecule has 1 saturated heterocycles. The monoisotopic (exact) mass is 415 g/mol. The number of fused-ring (bicyclic) bond motifs is 1. The normalized spacial score (nSPS) is 17.1. The number of nitrogens with one attached hydrogen (secondary N) is 2. The molecule has 1 aromatic heterocycles. The van der Waals surface area contributed by atoms with Crippen LogP contribution in [-0.2, 0) is 12.8 Å². The number of likely N-dealkylation sites (tertiary alicyclic amines) is 1. The molecule has 7 heteroatoms. The zero-order chi connectivity index (χ0) is 19.9. The molecule has 0 aliphatic carbocycles. The second-order valence-electron chi connectivity index (χ2n) is 7.62. The summed E-state index contributed by atoms with van der Waals surface area (Å²) in [7, 11) is 0. The SMILES string of the molecule is O=C(NCCc1cccs1)NC(Cc1ccc2c(c1)OCCO2)CN1CCCC1. The molecule has 3 heterocycles. The van der Waals surface area contributed by atoms with E-state index in [2.05, 4.69) is 33.0 Å². The van der Waals surface area contributed by atoms with Crippen molar-refractivity contribution in [2.75, 3.05) is 39.4 Å². The Kier molecular flexibility index (Phi) is 6.90. The summed E-state index contributed by atoms with van der Waals surface area (Å²) in [5.74, 6) is 1.60. The highest BCUT2D eigenvalue weighted by Crippen LogP contribution is 2.31. The van der Waals surface area contributed by atoms with E-state index in [0.717, 1.165) is 49.5 Å². The molecular weight excluding hydrogens is 386 g/mol. The quantitative estimate of drug-likeness (QED) is 0.696. The van der Waals surface area contributed by atoms with Crippen LogP contribution in [0, 0.1) is 0 Å². The molecule has 0 radical (unpaired) electrons. The van der Waals surface area contributed by atoms with Crippen molar-refractivity contribution >= 4 is 17.4 Å². The summed E-state index contributed by atoms with van der Waals surface area (Å²) >= 11 is 1.72. The topological polar surface area (TPSA) is 62.8 Å². The van der Waals surface area contributed by atoms with Crippen molar-refractivity contribution in [3.8, 4) is 11.5 Å². The van der Waals surface area contributed by atoms with Gasteiger partial charge in [0, 0.05) is 24.0 Å². The molecule has 0 bridgehead atoms. The molecule has 4 rings (SSSR count). The van der Waals surface area contributed by atoms with Crippen LogP contribution in [0.4, 0.5) is 4.79 Å². The summed E-state index contributed by atoms with van der Waals surface area (Å²) in [6, 6.07) is 10.2. The number of hydrogen-bond acceptors (Lipinski definition) is 5. The average molecular weight is 416 g/mol. The molecule has 29 heavy (non-hydrogen) atoms. The lowest BCUT2D eigenvalue weighted by atomic mass is 10.0. The van der Waals surface area contributed by atoms with Gasteiger partial charge in [0.1, 0.15) is 13.2 Å². The molecule has 1 fully saturated rings. The molecule has 2 aliphatic rings. The predicted molar refractivity (Wildman–Crippen MR) is 115 cm³/mol. The van der Waals surface area contributed by atoms with E-state index in [1.807, 2.05) is 18.2 Å². The molecule has 2 aliphatic heterocycles. The van der Waals surface area contributed by atoms with E-state index in [1.54, 1.807) is 11.3 Å². The van der Waals surface area contributed by atoms with E-state index in [9.17, 15) is 4.79 Å². The van der Waals surface area contributed by atoms with Gasteiger partial charge in [-0.3, -0.25) is 0 Å². The van der Waals surface area contributed by atoms with Crippen molar-refractivity contribution < 1.29 is 14.3 Å². The Morgan fingerprint density at radius 2 is 1.97 bits per heavy atom. The highest BCUT2D eigenvalue weighted by molar-refractivity contribution is 7.09. The van der Waals surface area contributed by atoms with Gasteiger partial charge >= 0.3 is 6.03 Å². The van der Waals surface area contributed by atoms with Gasteiger partial charge < -0.3 is 25.0 Å². The average Bonchev–Trinajstić information content (AvgIpc) is 3.42. The standard InChI is InChI=1S/C22H29N3O3S/c26-22(23-8-7-19-4-3-13-29-19)24-18(16-25-9-1-2-10-25)14-17-5-6-20-21(15-17)28-12-11-27-20/h3-6,13,15,18H,1-2,7-12,14,16H2,(H2,23,24,26). The number of hydrogen-bond donors (Lipinski definition) is 2. The van der Waals surface area contributed by atoms with E-state index in [1.165, 1.54) is 17.7 Å². The maximum atomic E-state index is 12.5. The van der Waals surface area contributed by atoms with Gasteiger partial charge in [-0.1, -0.05) is 12.1 Å². The number of amides is 2. The number of nitrogens with zero attached hydrogens (tertiary/aromatic N) is 1. The number of benzene rings is 1.